The lowest BCUT2D eigenvalue weighted by Gasteiger charge is -2.35. The summed E-state index contributed by atoms with van der Waals surface area (Å²) < 4.78 is 36.2. The maximum absolute atomic E-state index is 14.4. The quantitative estimate of drug-likeness (QED) is 0.266. The van der Waals surface area contributed by atoms with Gasteiger partial charge in [-0.05, 0) is 55.0 Å². The van der Waals surface area contributed by atoms with E-state index in [-0.39, 0.29) is 52.7 Å². The highest BCUT2D eigenvalue weighted by atomic mass is 32.2. The smallest absolute Gasteiger partial charge is 0.264 e. The van der Waals surface area contributed by atoms with Crippen molar-refractivity contribution in [3.63, 3.8) is 0 Å². The first kappa shape index (κ1) is 35.4. The van der Waals surface area contributed by atoms with Crippen molar-refractivity contribution in [1.29, 1.82) is 0 Å². The molecule has 1 aliphatic rings. The molecule has 1 N–H and O–H groups in total. The van der Waals surface area contributed by atoms with Crippen LogP contribution in [-0.2, 0) is 21.4 Å². The van der Waals surface area contributed by atoms with Crippen molar-refractivity contribution in [2.45, 2.75) is 72.4 Å². The number of hydrogen-bond acceptors (Lipinski definition) is 9. The van der Waals surface area contributed by atoms with E-state index in [4.69, 9.17) is 4.74 Å². The van der Waals surface area contributed by atoms with Crippen LogP contribution in [-0.4, -0.2) is 64.8 Å². The average Bonchev–Trinajstić information content (AvgIpc) is 3.04. The van der Waals surface area contributed by atoms with Gasteiger partial charge in [0.25, 0.3) is 15.9 Å². The third-order valence-corrected chi connectivity index (χ3v) is 9.57. The molecular weight excluding hydrogens is 643 g/mol. The predicted octanol–water partition coefficient (Wildman–Crippen LogP) is 5.81. The molecule has 4 aromatic rings. The summed E-state index contributed by atoms with van der Waals surface area (Å²) in [6.45, 7) is 13.8. The molecule has 258 valence electrons. The second-order valence-electron chi connectivity index (χ2n) is 13.9. The summed E-state index contributed by atoms with van der Waals surface area (Å²) in [4.78, 5) is 48.0. The van der Waals surface area contributed by atoms with Gasteiger partial charge in [0.05, 0.1) is 41.3 Å². The number of hydrogen-bond donors (Lipinski definition) is 1. The molecule has 1 aliphatic heterocycles. The monoisotopic (exact) mass is 685 g/mol. The Bertz CT molecular complexity index is 1950. The summed E-state index contributed by atoms with van der Waals surface area (Å²) in [5.41, 5.74) is 3.71. The summed E-state index contributed by atoms with van der Waals surface area (Å²) in [6, 6.07) is 12.9. The van der Waals surface area contributed by atoms with Gasteiger partial charge < -0.3 is 14.5 Å². The highest BCUT2D eigenvalue weighted by Crippen LogP contribution is 2.31. The summed E-state index contributed by atoms with van der Waals surface area (Å²) in [5, 5.41) is 0. The Balaban J connectivity index is 1.62. The number of fused-ring (bicyclic) bond motifs is 4. The van der Waals surface area contributed by atoms with Crippen LogP contribution in [0.2, 0.25) is 0 Å². The van der Waals surface area contributed by atoms with E-state index in [9.17, 15) is 18.0 Å². The van der Waals surface area contributed by atoms with Crippen LogP contribution in [0.25, 0.3) is 11.3 Å². The molecular formula is C36H43N7O5S. The standard InChI is InChI=1S/C36H43N7O5S/c1-22(2)33(44)42(8)27-18-37-30(38-19-27)20-43-26(17-36(5,6)7)21-48-31-16-29(32-23(3)11-9-12-24(32)4)39-35(40-31)41-49(46,47)28-14-10-13-25(15-28)34(43)45/h9-16,18-19,22,26H,17,20-21H2,1-8H3,(H,39,40,41)/t26-/m1/s1. The number of aromatic nitrogens is 4. The van der Waals surface area contributed by atoms with Gasteiger partial charge >= 0.3 is 0 Å². The van der Waals surface area contributed by atoms with E-state index in [0.717, 1.165) is 16.7 Å². The summed E-state index contributed by atoms with van der Waals surface area (Å²) in [6.07, 6.45) is 3.64. The number of sulfonamides is 1. The molecule has 0 aliphatic carbocycles. The number of carbonyl (C=O) groups is 2. The number of carbonyl (C=O) groups excluding carboxylic acids is 2. The maximum atomic E-state index is 14.4. The molecule has 12 nitrogen and oxygen atoms in total. The van der Waals surface area contributed by atoms with Gasteiger partial charge in [-0.25, -0.2) is 28.1 Å². The number of nitrogens with one attached hydrogen (secondary N) is 1. The Morgan fingerprint density at radius 1 is 1.04 bits per heavy atom. The van der Waals surface area contributed by atoms with Gasteiger partial charge in [-0.15, -0.1) is 0 Å². The molecule has 1 atom stereocenters. The molecule has 49 heavy (non-hydrogen) atoms. The average molecular weight is 686 g/mol. The van der Waals surface area contributed by atoms with Crippen LogP contribution >= 0.6 is 0 Å². The molecule has 2 aromatic carbocycles. The highest BCUT2D eigenvalue weighted by molar-refractivity contribution is 7.92. The second-order valence-corrected chi connectivity index (χ2v) is 15.6. The minimum atomic E-state index is -4.20. The Kier molecular flexibility index (Phi) is 10.0. The van der Waals surface area contributed by atoms with Crippen molar-refractivity contribution in [3.05, 3.63) is 83.4 Å². The van der Waals surface area contributed by atoms with Gasteiger partial charge in [0.2, 0.25) is 17.7 Å². The lowest BCUT2D eigenvalue weighted by atomic mass is 9.87. The van der Waals surface area contributed by atoms with Gasteiger partial charge in [-0.3, -0.25) is 9.59 Å². The van der Waals surface area contributed by atoms with Crippen LogP contribution in [0.5, 0.6) is 5.88 Å². The topological polar surface area (TPSA) is 148 Å². The normalized spacial score (nSPS) is 16.1. The first-order valence-electron chi connectivity index (χ1n) is 16.1. The van der Waals surface area contributed by atoms with Crippen molar-refractivity contribution in [1.82, 2.24) is 24.8 Å². The van der Waals surface area contributed by atoms with Crippen molar-refractivity contribution in [3.8, 4) is 17.1 Å². The van der Waals surface area contributed by atoms with Gasteiger partial charge in [0.15, 0.2) is 0 Å². The molecule has 0 saturated heterocycles. The van der Waals surface area contributed by atoms with Crippen molar-refractivity contribution < 1.29 is 22.7 Å². The Morgan fingerprint density at radius 2 is 1.69 bits per heavy atom. The van der Waals surface area contributed by atoms with Crippen LogP contribution in [0.15, 0.2) is 65.8 Å². The highest BCUT2D eigenvalue weighted by Gasteiger charge is 2.32. The zero-order chi connectivity index (χ0) is 35.7. The number of ether oxygens (including phenoxy) is 1. The molecule has 5 rings (SSSR count). The van der Waals surface area contributed by atoms with Crippen LogP contribution in [0, 0.1) is 25.2 Å². The zero-order valence-electron chi connectivity index (χ0n) is 29.2. The Morgan fingerprint density at radius 3 is 2.33 bits per heavy atom. The summed E-state index contributed by atoms with van der Waals surface area (Å²) in [5.74, 6) is -0.345. The molecule has 0 unspecified atom stereocenters. The number of anilines is 2. The minimum absolute atomic E-state index is 0.00294. The summed E-state index contributed by atoms with van der Waals surface area (Å²) >= 11 is 0. The van der Waals surface area contributed by atoms with E-state index in [0.29, 0.717) is 23.6 Å². The fraction of sp³-hybridized carbons (Fsp3) is 0.389. The number of nitrogens with zero attached hydrogens (tertiary/aromatic N) is 6. The van der Waals surface area contributed by atoms with Gasteiger partial charge in [-0.2, -0.15) is 4.98 Å². The van der Waals surface area contributed by atoms with Crippen molar-refractivity contribution >= 4 is 33.5 Å². The third-order valence-electron chi connectivity index (χ3n) is 8.25. The van der Waals surface area contributed by atoms with Gasteiger partial charge in [0.1, 0.15) is 12.4 Å². The number of amides is 2. The molecule has 13 heteroatoms. The largest absolute Gasteiger partial charge is 0.475 e. The van der Waals surface area contributed by atoms with Crippen molar-refractivity contribution in [2.75, 3.05) is 23.3 Å². The fourth-order valence-electron chi connectivity index (χ4n) is 5.82. The molecule has 0 radical (unpaired) electrons. The number of benzene rings is 2. The summed E-state index contributed by atoms with van der Waals surface area (Å²) in [7, 11) is -2.54. The van der Waals surface area contributed by atoms with Crippen LogP contribution in [0.1, 0.15) is 68.3 Å². The maximum Gasteiger partial charge on any atom is 0.264 e. The Labute approximate surface area is 288 Å². The third kappa shape index (κ3) is 8.22. The van der Waals surface area contributed by atoms with Crippen LogP contribution in [0.4, 0.5) is 11.6 Å². The van der Waals surface area contributed by atoms with Crippen molar-refractivity contribution in [2.24, 2.45) is 11.3 Å². The van der Waals surface area contributed by atoms with E-state index in [2.05, 4.69) is 45.4 Å². The predicted molar refractivity (Wildman–Crippen MR) is 188 cm³/mol. The SMILES string of the molecule is Cc1cccc(C)c1-c1cc2nc(n1)NS(=O)(=O)c1cccc(c1)C(=O)N(Cc1ncc(N(C)C(=O)C(C)C)cn1)[C@H](CC(C)(C)C)CO2. The number of rotatable bonds is 6. The van der Waals surface area contributed by atoms with Crippen LogP contribution < -0.4 is 14.4 Å². The van der Waals surface area contributed by atoms with E-state index in [1.807, 2.05) is 45.9 Å². The molecule has 0 saturated carbocycles. The first-order valence-corrected chi connectivity index (χ1v) is 17.6. The van der Waals surface area contributed by atoms with Gasteiger partial charge in [-0.1, -0.05) is 58.9 Å². The van der Waals surface area contributed by atoms with Crippen LogP contribution in [0.3, 0.4) is 0 Å². The van der Waals surface area contributed by atoms with E-state index < -0.39 is 22.0 Å². The molecule has 2 aromatic heterocycles. The fourth-order valence-corrected chi connectivity index (χ4v) is 6.81. The van der Waals surface area contributed by atoms with E-state index >= 15 is 0 Å². The second kappa shape index (κ2) is 13.9. The van der Waals surface area contributed by atoms with E-state index in [1.54, 1.807) is 36.5 Å². The molecule has 2 amide bonds. The molecule has 3 heterocycles. The molecule has 4 bridgehead atoms. The lowest BCUT2D eigenvalue weighted by molar-refractivity contribution is -0.121. The minimum Gasteiger partial charge on any atom is -0.475 e. The van der Waals surface area contributed by atoms with Gasteiger partial charge in [0, 0.05) is 30.2 Å². The van der Waals surface area contributed by atoms with E-state index in [1.165, 1.54) is 23.1 Å². The lowest BCUT2D eigenvalue weighted by Crippen LogP contribution is -2.45. The number of aryl methyl sites for hydroxylation is 2. The Hall–Kier alpha value is -4.91. The zero-order valence-corrected chi connectivity index (χ0v) is 30.0. The first-order chi connectivity index (χ1) is 23.0. The molecule has 0 spiro atoms. The molecule has 0 fully saturated rings.